The molecule has 0 radical (unpaired) electrons. The van der Waals surface area contributed by atoms with Crippen LogP contribution in [0.2, 0.25) is 10.0 Å². The van der Waals surface area contributed by atoms with Crippen LogP contribution >= 0.6 is 23.2 Å². The molecule has 1 fully saturated rings. The summed E-state index contributed by atoms with van der Waals surface area (Å²) in [6.07, 6.45) is 3.16. The summed E-state index contributed by atoms with van der Waals surface area (Å²) in [6.45, 7) is 5.09. The van der Waals surface area contributed by atoms with Crippen LogP contribution in [0, 0.1) is 13.8 Å². The van der Waals surface area contributed by atoms with Gasteiger partial charge in [-0.15, -0.1) is 0 Å². The lowest BCUT2D eigenvalue weighted by Gasteiger charge is -2.17. The largest absolute Gasteiger partial charge is 0.376 e. The molecule has 0 saturated carbocycles. The summed E-state index contributed by atoms with van der Waals surface area (Å²) >= 11 is 12.3. The number of imidazole rings is 1. The fourth-order valence-corrected chi connectivity index (χ4v) is 4.97. The lowest BCUT2D eigenvalue weighted by molar-refractivity contribution is 0.0950. The molecule has 0 aliphatic carbocycles. The highest BCUT2D eigenvalue weighted by Crippen LogP contribution is 2.25. The molecule has 34 heavy (non-hydrogen) atoms. The first kappa shape index (κ1) is 22.9. The monoisotopic (exact) mass is 498 g/mol. The van der Waals surface area contributed by atoms with Gasteiger partial charge in [-0.3, -0.25) is 9.36 Å². The number of halogens is 2. The van der Waals surface area contributed by atoms with Gasteiger partial charge in [-0.1, -0.05) is 47.5 Å². The number of nitrogens with zero attached hydrogens (tertiary/aromatic N) is 4. The van der Waals surface area contributed by atoms with Crippen LogP contribution in [-0.2, 0) is 17.8 Å². The minimum Gasteiger partial charge on any atom is -0.376 e. The Morgan fingerprint density at radius 2 is 1.85 bits per heavy atom. The van der Waals surface area contributed by atoms with E-state index in [0.29, 0.717) is 34.4 Å². The quantitative estimate of drug-likeness (QED) is 0.406. The summed E-state index contributed by atoms with van der Waals surface area (Å²) in [4.78, 5) is 31.9. The van der Waals surface area contributed by atoms with Crippen LogP contribution in [0.25, 0.3) is 16.9 Å². The summed E-state index contributed by atoms with van der Waals surface area (Å²) < 4.78 is 10.3. The van der Waals surface area contributed by atoms with E-state index >= 15 is 0 Å². The van der Waals surface area contributed by atoms with Crippen LogP contribution in [0.4, 0.5) is 0 Å². The van der Waals surface area contributed by atoms with Gasteiger partial charge in [0.1, 0.15) is 0 Å². The molecule has 3 heterocycles. The standard InChI is InChI=1S/C25H24Cl2N4O3/c1-15-5-3-6-16(2)21(15)31-23-22(24(32)30(25(31)33)13-18-7-4-10-34-18)29(14-28-23)12-17-8-9-19(26)20(27)11-17/h3,5-6,8-9,11,14,18H,4,7,10,12-13H2,1-2H3/t18-/m1/s1. The van der Waals surface area contributed by atoms with E-state index < -0.39 is 5.69 Å². The maximum atomic E-state index is 13.7. The zero-order chi connectivity index (χ0) is 24.0. The summed E-state index contributed by atoms with van der Waals surface area (Å²) in [5.74, 6) is 0. The highest BCUT2D eigenvalue weighted by molar-refractivity contribution is 6.42. The molecule has 0 bridgehead atoms. The van der Waals surface area contributed by atoms with Crippen LogP contribution in [0.1, 0.15) is 29.5 Å². The Kier molecular flexibility index (Phi) is 6.10. The number of benzene rings is 2. The molecule has 2 aromatic carbocycles. The minimum atomic E-state index is -0.412. The van der Waals surface area contributed by atoms with Crippen molar-refractivity contribution >= 4 is 34.4 Å². The van der Waals surface area contributed by atoms with Crippen molar-refractivity contribution in [2.75, 3.05) is 6.61 Å². The Labute approximate surface area is 206 Å². The van der Waals surface area contributed by atoms with Crippen molar-refractivity contribution in [3.63, 3.8) is 0 Å². The molecule has 9 heteroatoms. The number of fused-ring (bicyclic) bond motifs is 1. The first-order chi connectivity index (χ1) is 16.3. The van der Waals surface area contributed by atoms with Gasteiger partial charge in [-0.2, -0.15) is 0 Å². The second kappa shape index (κ2) is 9.06. The topological polar surface area (TPSA) is 71.1 Å². The highest BCUT2D eigenvalue weighted by Gasteiger charge is 2.24. The molecule has 0 N–H and O–H groups in total. The average molecular weight is 499 g/mol. The number of hydrogen-bond acceptors (Lipinski definition) is 4. The second-order valence-corrected chi connectivity index (χ2v) is 9.52. The summed E-state index contributed by atoms with van der Waals surface area (Å²) in [6, 6.07) is 11.2. The Morgan fingerprint density at radius 3 is 2.53 bits per heavy atom. The van der Waals surface area contributed by atoms with E-state index in [0.717, 1.165) is 35.2 Å². The molecule has 7 nitrogen and oxygen atoms in total. The van der Waals surface area contributed by atoms with Crippen molar-refractivity contribution in [3.8, 4) is 5.69 Å². The normalized spacial score (nSPS) is 15.9. The van der Waals surface area contributed by atoms with Gasteiger partial charge >= 0.3 is 5.69 Å². The zero-order valence-electron chi connectivity index (χ0n) is 18.9. The third-order valence-corrected chi connectivity index (χ3v) is 7.05. The van der Waals surface area contributed by atoms with Crippen LogP contribution in [0.15, 0.2) is 52.3 Å². The fourth-order valence-electron chi connectivity index (χ4n) is 4.65. The van der Waals surface area contributed by atoms with Gasteiger partial charge in [0.25, 0.3) is 5.56 Å². The van der Waals surface area contributed by atoms with Gasteiger partial charge in [0, 0.05) is 13.2 Å². The third-order valence-electron chi connectivity index (χ3n) is 6.31. The van der Waals surface area contributed by atoms with Crippen molar-refractivity contribution in [1.82, 2.24) is 18.7 Å². The van der Waals surface area contributed by atoms with E-state index in [1.54, 1.807) is 27.6 Å². The maximum absolute atomic E-state index is 13.7. The van der Waals surface area contributed by atoms with E-state index in [-0.39, 0.29) is 18.2 Å². The van der Waals surface area contributed by atoms with Crippen LogP contribution in [0.3, 0.4) is 0 Å². The van der Waals surface area contributed by atoms with Gasteiger partial charge in [-0.25, -0.2) is 14.3 Å². The molecule has 5 rings (SSSR count). The Bertz CT molecular complexity index is 1490. The summed E-state index contributed by atoms with van der Waals surface area (Å²) in [5.41, 5.74) is 3.33. The maximum Gasteiger partial charge on any atom is 0.337 e. The number of aryl methyl sites for hydroxylation is 2. The molecule has 176 valence electrons. The SMILES string of the molecule is Cc1cccc(C)c1-n1c(=O)n(C[C@H]2CCCO2)c(=O)c2c1ncn2Cc1ccc(Cl)c(Cl)c1. The lowest BCUT2D eigenvalue weighted by atomic mass is 10.1. The van der Waals surface area contributed by atoms with Crippen LogP contribution in [-0.4, -0.2) is 31.4 Å². The molecule has 4 aromatic rings. The molecule has 1 atom stereocenters. The molecule has 1 saturated heterocycles. The Balaban J connectivity index is 1.76. The van der Waals surface area contributed by atoms with Crippen molar-refractivity contribution in [1.29, 1.82) is 0 Å². The zero-order valence-corrected chi connectivity index (χ0v) is 20.4. The van der Waals surface area contributed by atoms with Crippen molar-refractivity contribution in [3.05, 3.63) is 90.3 Å². The van der Waals surface area contributed by atoms with Gasteiger partial charge in [0.15, 0.2) is 11.2 Å². The number of rotatable bonds is 5. The van der Waals surface area contributed by atoms with E-state index in [9.17, 15) is 9.59 Å². The molecular formula is C25H24Cl2N4O3. The van der Waals surface area contributed by atoms with Gasteiger partial charge in [-0.05, 0) is 55.5 Å². The van der Waals surface area contributed by atoms with E-state index in [4.69, 9.17) is 27.9 Å². The molecule has 1 aliphatic heterocycles. The smallest absolute Gasteiger partial charge is 0.337 e. The van der Waals surface area contributed by atoms with Gasteiger partial charge < -0.3 is 9.30 Å². The molecule has 0 amide bonds. The van der Waals surface area contributed by atoms with E-state index in [1.165, 1.54) is 4.57 Å². The van der Waals surface area contributed by atoms with E-state index in [2.05, 4.69) is 4.98 Å². The van der Waals surface area contributed by atoms with Gasteiger partial charge in [0.05, 0.1) is 34.7 Å². The van der Waals surface area contributed by atoms with Crippen molar-refractivity contribution < 1.29 is 4.74 Å². The van der Waals surface area contributed by atoms with Crippen molar-refractivity contribution in [2.45, 2.75) is 45.9 Å². The Morgan fingerprint density at radius 1 is 1.09 bits per heavy atom. The molecular weight excluding hydrogens is 475 g/mol. The van der Waals surface area contributed by atoms with Crippen LogP contribution in [0.5, 0.6) is 0 Å². The average Bonchev–Trinajstić information content (AvgIpc) is 3.46. The number of hydrogen-bond donors (Lipinski definition) is 0. The fraction of sp³-hybridized carbons (Fsp3) is 0.320. The summed E-state index contributed by atoms with van der Waals surface area (Å²) in [7, 11) is 0. The first-order valence-corrected chi connectivity index (χ1v) is 11.9. The molecule has 0 spiro atoms. The van der Waals surface area contributed by atoms with Crippen molar-refractivity contribution in [2.24, 2.45) is 0 Å². The lowest BCUT2D eigenvalue weighted by Crippen LogP contribution is -2.42. The predicted octanol–water partition coefficient (Wildman–Crippen LogP) is 4.50. The molecule has 1 aliphatic rings. The Hall–Kier alpha value is -2.87. The first-order valence-electron chi connectivity index (χ1n) is 11.2. The molecule has 0 unspecified atom stereocenters. The highest BCUT2D eigenvalue weighted by atomic mass is 35.5. The van der Waals surface area contributed by atoms with E-state index in [1.807, 2.05) is 38.1 Å². The number of ether oxygens (including phenoxy) is 1. The van der Waals surface area contributed by atoms with Gasteiger partial charge in [0.2, 0.25) is 0 Å². The number of para-hydroxylation sites is 1. The second-order valence-electron chi connectivity index (χ2n) is 8.70. The van der Waals surface area contributed by atoms with Crippen LogP contribution < -0.4 is 11.2 Å². The molecule has 2 aromatic heterocycles. The third kappa shape index (κ3) is 3.98. The predicted molar refractivity (Wildman–Crippen MR) is 134 cm³/mol. The summed E-state index contributed by atoms with van der Waals surface area (Å²) in [5, 5.41) is 0.899. The number of aromatic nitrogens is 4. The minimum absolute atomic E-state index is 0.166.